The lowest BCUT2D eigenvalue weighted by molar-refractivity contribution is 0.409. The van der Waals surface area contributed by atoms with Crippen LogP contribution in [0.2, 0.25) is 0 Å². The van der Waals surface area contributed by atoms with Crippen LogP contribution >= 0.6 is 0 Å². The van der Waals surface area contributed by atoms with Gasteiger partial charge in [-0.3, -0.25) is 0 Å². The molecule has 3 nitrogen and oxygen atoms in total. The molecular formula is C9H17NO2S. The molecule has 0 aromatic heterocycles. The van der Waals surface area contributed by atoms with Crippen molar-refractivity contribution in [2.24, 2.45) is 5.41 Å². The zero-order valence-corrected chi connectivity index (χ0v) is 9.32. The highest BCUT2D eigenvalue weighted by Crippen LogP contribution is 2.24. The molecule has 1 unspecified atom stereocenters. The van der Waals surface area contributed by atoms with Crippen molar-refractivity contribution in [1.29, 1.82) is 5.26 Å². The monoisotopic (exact) mass is 203 g/mol. The summed E-state index contributed by atoms with van der Waals surface area (Å²) in [6.45, 7) is 5.34. The van der Waals surface area contributed by atoms with E-state index in [-0.39, 0.29) is 11.5 Å². The topological polar surface area (TPSA) is 57.9 Å². The molecule has 0 aliphatic rings. The van der Waals surface area contributed by atoms with Crippen molar-refractivity contribution in [3.8, 4) is 6.07 Å². The summed E-state index contributed by atoms with van der Waals surface area (Å²) in [4.78, 5) is 0. The van der Waals surface area contributed by atoms with Crippen molar-refractivity contribution in [2.45, 2.75) is 33.6 Å². The van der Waals surface area contributed by atoms with Crippen molar-refractivity contribution < 1.29 is 8.42 Å². The average Bonchev–Trinajstić information content (AvgIpc) is 2.14. The molecule has 0 spiro atoms. The van der Waals surface area contributed by atoms with Gasteiger partial charge >= 0.3 is 0 Å². The van der Waals surface area contributed by atoms with Gasteiger partial charge < -0.3 is 0 Å². The smallest absolute Gasteiger partial charge is 0.150 e. The Morgan fingerprint density at radius 3 is 2.23 bits per heavy atom. The lowest BCUT2D eigenvalue weighted by Crippen LogP contribution is -2.19. The Kier molecular flexibility index (Phi) is 4.41. The number of nitriles is 1. The largest absolute Gasteiger partial charge is 0.229 e. The van der Waals surface area contributed by atoms with Gasteiger partial charge in [-0.05, 0) is 19.8 Å². The molecule has 0 N–H and O–H groups in total. The van der Waals surface area contributed by atoms with Gasteiger partial charge in [-0.1, -0.05) is 13.8 Å². The van der Waals surface area contributed by atoms with E-state index in [0.717, 1.165) is 0 Å². The quantitative estimate of drug-likeness (QED) is 0.684. The molecule has 0 heterocycles. The molecule has 13 heavy (non-hydrogen) atoms. The van der Waals surface area contributed by atoms with Crippen LogP contribution in [-0.4, -0.2) is 19.9 Å². The van der Waals surface area contributed by atoms with Crippen LogP contribution in [0, 0.1) is 16.7 Å². The van der Waals surface area contributed by atoms with Crippen molar-refractivity contribution in [2.75, 3.05) is 11.5 Å². The maximum atomic E-state index is 11.2. The van der Waals surface area contributed by atoms with Gasteiger partial charge in [0.1, 0.15) is 9.84 Å². The number of nitrogens with zero attached hydrogens (tertiary/aromatic N) is 1. The van der Waals surface area contributed by atoms with Gasteiger partial charge in [0.15, 0.2) is 0 Å². The first-order chi connectivity index (χ1) is 5.89. The highest BCUT2D eigenvalue weighted by atomic mass is 32.2. The first-order valence-corrected chi connectivity index (χ1v) is 6.33. The van der Waals surface area contributed by atoms with Crippen LogP contribution in [0.1, 0.15) is 33.6 Å². The van der Waals surface area contributed by atoms with Gasteiger partial charge in [-0.15, -0.1) is 0 Å². The van der Waals surface area contributed by atoms with Crippen molar-refractivity contribution in [3.63, 3.8) is 0 Å². The molecule has 0 aliphatic carbocycles. The van der Waals surface area contributed by atoms with E-state index in [9.17, 15) is 8.42 Å². The van der Waals surface area contributed by atoms with Crippen LogP contribution in [0.25, 0.3) is 0 Å². The summed E-state index contributed by atoms with van der Waals surface area (Å²) in [5.41, 5.74) is -0.484. The van der Waals surface area contributed by atoms with Gasteiger partial charge in [-0.2, -0.15) is 5.26 Å². The van der Waals surface area contributed by atoms with E-state index in [0.29, 0.717) is 12.8 Å². The van der Waals surface area contributed by atoms with Gasteiger partial charge in [0.25, 0.3) is 0 Å². The maximum absolute atomic E-state index is 11.2. The fourth-order valence-corrected chi connectivity index (χ4v) is 1.89. The van der Waals surface area contributed by atoms with E-state index in [1.165, 1.54) is 0 Å². The molecule has 0 bridgehead atoms. The van der Waals surface area contributed by atoms with Crippen molar-refractivity contribution in [3.05, 3.63) is 0 Å². The number of hydrogen-bond donors (Lipinski definition) is 0. The van der Waals surface area contributed by atoms with E-state index < -0.39 is 15.3 Å². The minimum absolute atomic E-state index is 0.126. The average molecular weight is 203 g/mol. The second-order valence-corrected chi connectivity index (χ2v) is 5.99. The number of sulfone groups is 1. The summed E-state index contributed by atoms with van der Waals surface area (Å²) in [6.07, 6.45) is 1.14. The molecule has 0 radical (unpaired) electrons. The maximum Gasteiger partial charge on any atom is 0.150 e. The summed E-state index contributed by atoms with van der Waals surface area (Å²) in [5, 5.41) is 8.81. The molecule has 0 saturated carbocycles. The first-order valence-electron chi connectivity index (χ1n) is 4.51. The van der Waals surface area contributed by atoms with E-state index >= 15 is 0 Å². The Hall–Kier alpha value is -0.560. The zero-order chi connectivity index (χ0) is 10.5. The summed E-state index contributed by atoms with van der Waals surface area (Å²) in [7, 11) is -2.92. The number of hydrogen-bond acceptors (Lipinski definition) is 3. The fraction of sp³-hybridized carbons (Fsp3) is 0.889. The third-order valence-electron chi connectivity index (χ3n) is 2.45. The van der Waals surface area contributed by atoms with Crippen LogP contribution in [0.4, 0.5) is 0 Å². The Morgan fingerprint density at radius 2 is 1.92 bits per heavy atom. The normalized spacial score (nSPS) is 16.2. The molecule has 0 aliphatic heterocycles. The van der Waals surface area contributed by atoms with Gasteiger partial charge in [0.2, 0.25) is 0 Å². The molecular weight excluding hydrogens is 186 g/mol. The molecule has 0 amide bonds. The third kappa shape index (κ3) is 4.28. The molecule has 76 valence electrons. The summed E-state index contributed by atoms with van der Waals surface area (Å²) in [6, 6.07) is 2.16. The Morgan fingerprint density at radius 1 is 1.38 bits per heavy atom. The van der Waals surface area contributed by atoms with Crippen LogP contribution in [0.5, 0.6) is 0 Å². The highest BCUT2D eigenvalue weighted by Gasteiger charge is 2.23. The summed E-state index contributed by atoms with van der Waals surface area (Å²) in [5.74, 6) is 0.291. The van der Waals surface area contributed by atoms with E-state index in [1.807, 2.05) is 6.92 Å². The van der Waals surface area contributed by atoms with E-state index in [2.05, 4.69) is 6.07 Å². The Bertz CT molecular complexity index is 289. The predicted molar refractivity (Wildman–Crippen MR) is 53.0 cm³/mol. The summed E-state index contributed by atoms with van der Waals surface area (Å²) < 4.78 is 22.3. The molecule has 0 aromatic rings. The molecule has 0 saturated heterocycles. The van der Waals surface area contributed by atoms with Gasteiger partial charge in [0.05, 0.1) is 17.2 Å². The van der Waals surface area contributed by atoms with Crippen molar-refractivity contribution >= 4 is 9.84 Å². The first kappa shape index (κ1) is 12.4. The summed E-state index contributed by atoms with van der Waals surface area (Å²) >= 11 is 0. The minimum atomic E-state index is -2.92. The van der Waals surface area contributed by atoms with E-state index in [1.54, 1.807) is 13.8 Å². The van der Waals surface area contributed by atoms with Crippen LogP contribution in [0.15, 0.2) is 0 Å². The zero-order valence-electron chi connectivity index (χ0n) is 8.50. The molecule has 0 rings (SSSR count). The predicted octanol–water partition coefficient (Wildman–Crippen LogP) is 1.75. The minimum Gasteiger partial charge on any atom is -0.229 e. The Balaban J connectivity index is 4.26. The molecule has 4 heteroatoms. The van der Waals surface area contributed by atoms with Crippen LogP contribution in [0.3, 0.4) is 0 Å². The third-order valence-corrected chi connectivity index (χ3v) is 4.16. The van der Waals surface area contributed by atoms with Crippen LogP contribution in [-0.2, 0) is 9.84 Å². The molecule has 0 aromatic carbocycles. The van der Waals surface area contributed by atoms with Crippen molar-refractivity contribution in [1.82, 2.24) is 0 Å². The SMILES string of the molecule is CCC(C)(C#N)CCS(=O)(=O)CC. The highest BCUT2D eigenvalue weighted by molar-refractivity contribution is 7.91. The molecule has 0 fully saturated rings. The van der Waals surface area contributed by atoms with E-state index in [4.69, 9.17) is 5.26 Å². The number of rotatable bonds is 5. The second-order valence-electron chi connectivity index (χ2n) is 3.51. The Labute approximate surface area is 80.7 Å². The lowest BCUT2D eigenvalue weighted by atomic mass is 9.87. The van der Waals surface area contributed by atoms with Crippen LogP contribution < -0.4 is 0 Å². The molecule has 1 atom stereocenters. The lowest BCUT2D eigenvalue weighted by Gasteiger charge is -2.18. The standard InChI is InChI=1S/C9H17NO2S/c1-4-9(3,8-10)6-7-13(11,12)5-2/h4-7H2,1-3H3. The fourth-order valence-electron chi connectivity index (χ4n) is 0.837. The second kappa shape index (κ2) is 4.61. The van der Waals surface area contributed by atoms with Gasteiger partial charge in [-0.25, -0.2) is 8.42 Å². The van der Waals surface area contributed by atoms with Gasteiger partial charge in [0, 0.05) is 5.75 Å².